The van der Waals surface area contributed by atoms with Crippen LogP contribution < -0.4 is 15.4 Å². The van der Waals surface area contributed by atoms with Crippen molar-refractivity contribution in [2.45, 2.75) is 33.7 Å². The summed E-state index contributed by atoms with van der Waals surface area (Å²) in [5.74, 6) is 2.08. The van der Waals surface area contributed by atoms with E-state index < -0.39 is 0 Å². The summed E-state index contributed by atoms with van der Waals surface area (Å²) >= 11 is 0. The summed E-state index contributed by atoms with van der Waals surface area (Å²) in [5, 5.41) is 14.6. The van der Waals surface area contributed by atoms with Gasteiger partial charge in [-0.2, -0.15) is 13.5 Å². The molecule has 0 saturated carbocycles. The van der Waals surface area contributed by atoms with Crippen molar-refractivity contribution in [3.8, 4) is 28.1 Å². The zero-order valence-electron chi connectivity index (χ0n) is 26.0. The Morgan fingerprint density at radius 1 is 1.07 bits per heavy atom. The van der Waals surface area contributed by atoms with Gasteiger partial charge in [-0.15, -0.1) is 0 Å². The topological polar surface area (TPSA) is 121 Å². The van der Waals surface area contributed by atoms with Crippen LogP contribution in [0.2, 0.25) is 0 Å². The molecule has 1 amide bonds. The van der Waals surface area contributed by atoms with Gasteiger partial charge in [-0.3, -0.25) is 9.69 Å². The highest BCUT2D eigenvalue weighted by Crippen LogP contribution is 2.42. The number of aromatic nitrogens is 4. The summed E-state index contributed by atoms with van der Waals surface area (Å²) < 4.78 is 11.3. The number of anilines is 1. The van der Waals surface area contributed by atoms with E-state index >= 15 is 0 Å². The van der Waals surface area contributed by atoms with E-state index in [0.717, 1.165) is 91.9 Å². The molecule has 3 aromatic carbocycles. The molecule has 1 aliphatic rings. The lowest BCUT2D eigenvalue weighted by atomic mass is 9.97. The van der Waals surface area contributed by atoms with Crippen LogP contribution in [-0.2, 0) is 4.79 Å². The fraction of sp³-hybridized carbons (Fsp3) is 0.294. The number of ether oxygens (including phenoxy) is 1. The number of nitrogens with one attached hydrogen (secondary N) is 3. The number of hydrogen-bond acceptors (Lipinski definition) is 8. The van der Waals surface area contributed by atoms with Crippen LogP contribution in [0.25, 0.3) is 55.1 Å². The number of aryl methyl sites for hydroxylation is 3. The average Bonchev–Trinajstić information content (AvgIpc) is 3.53. The summed E-state index contributed by atoms with van der Waals surface area (Å²) in [6, 6.07) is 16.6. The highest BCUT2D eigenvalue weighted by atomic mass is 32.1. The van der Waals surface area contributed by atoms with Crippen LogP contribution in [-0.4, -0.2) is 70.2 Å². The van der Waals surface area contributed by atoms with Crippen molar-refractivity contribution < 1.29 is 14.1 Å². The van der Waals surface area contributed by atoms with Crippen LogP contribution in [0.4, 0.5) is 5.69 Å². The van der Waals surface area contributed by atoms with Gasteiger partial charge in [-0.1, -0.05) is 35.5 Å². The van der Waals surface area contributed by atoms with E-state index in [4.69, 9.17) is 19.2 Å². The monoisotopic (exact) mass is 623 g/mol. The highest BCUT2D eigenvalue weighted by molar-refractivity contribution is 7.59. The van der Waals surface area contributed by atoms with Gasteiger partial charge in [0.2, 0.25) is 5.91 Å². The van der Waals surface area contributed by atoms with E-state index in [-0.39, 0.29) is 19.4 Å². The first-order valence-electron chi connectivity index (χ1n) is 14.9. The molecule has 0 aliphatic carbocycles. The molecular formula is C34H37N7O3S. The minimum absolute atomic E-state index is 0. The van der Waals surface area contributed by atoms with Gasteiger partial charge in [0.1, 0.15) is 23.0 Å². The molecule has 11 heteroatoms. The molecule has 0 bridgehead atoms. The van der Waals surface area contributed by atoms with Crippen LogP contribution in [0.1, 0.15) is 24.2 Å². The summed E-state index contributed by atoms with van der Waals surface area (Å²) in [6.45, 7) is 10.8. The summed E-state index contributed by atoms with van der Waals surface area (Å²) in [4.78, 5) is 28.6. The Kier molecular flexibility index (Phi) is 8.25. The van der Waals surface area contributed by atoms with E-state index in [2.05, 4.69) is 44.7 Å². The second-order valence-corrected chi connectivity index (χ2v) is 11.6. The first-order valence-corrected chi connectivity index (χ1v) is 14.9. The van der Waals surface area contributed by atoms with Crippen molar-refractivity contribution >= 4 is 57.8 Å². The van der Waals surface area contributed by atoms with Gasteiger partial charge in [0, 0.05) is 58.8 Å². The standard InChI is InChI=1S/C34H35N7O3.H2S/c1-18-16-41(13-12-35-18)17-30(42)38-27-11-10-24(22-8-6-7-9-23(22)27)33-32-25-15-29(43-5)26(31-19(2)40-44-20(31)3)14-28(25)39-34(32)37-21(4)36-33;/h6-11,14-15,18,35H,12-13,16-17H2,1-5H3,(H,38,42)(H,36,37,39);1H2/t18-;/m0./s1. The SMILES string of the molecule is COc1cc2c(cc1-c1c(C)noc1C)[nH]c1nc(C)nc(-c3ccc(NC(=O)CN4CCN[C@@H](C)C4)c4ccccc34)c12.S. The Labute approximate surface area is 268 Å². The second-order valence-electron chi connectivity index (χ2n) is 11.6. The molecule has 0 radical (unpaired) electrons. The number of aromatic amines is 1. The predicted molar refractivity (Wildman–Crippen MR) is 184 cm³/mol. The third kappa shape index (κ3) is 5.52. The maximum atomic E-state index is 13.1. The molecule has 1 fully saturated rings. The van der Waals surface area contributed by atoms with Gasteiger partial charge in [0.25, 0.3) is 0 Å². The van der Waals surface area contributed by atoms with Crippen LogP contribution in [0.3, 0.4) is 0 Å². The Bertz CT molecular complexity index is 2050. The van der Waals surface area contributed by atoms with Crippen LogP contribution in [0.5, 0.6) is 5.75 Å². The predicted octanol–water partition coefficient (Wildman–Crippen LogP) is 5.87. The molecule has 3 N–H and O–H groups in total. The largest absolute Gasteiger partial charge is 0.496 e. The number of nitrogens with zero attached hydrogens (tertiary/aromatic N) is 4. The molecule has 1 aliphatic heterocycles. The molecule has 0 unspecified atom stereocenters. The highest BCUT2D eigenvalue weighted by Gasteiger charge is 2.23. The maximum absolute atomic E-state index is 13.1. The van der Waals surface area contributed by atoms with E-state index in [0.29, 0.717) is 24.2 Å². The van der Waals surface area contributed by atoms with Gasteiger partial charge < -0.3 is 24.9 Å². The Morgan fingerprint density at radius 3 is 2.60 bits per heavy atom. The average molecular weight is 624 g/mol. The summed E-state index contributed by atoms with van der Waals surface area (Å²) in [7, 11) is 1.67. The molecule has 45 heavy (non-hydrogen) atoms. The lowest BCUT2D eigenvalue weighted by molar-refractivity contribution is -0.117. The zero-order valence-corrected chi connectivity index (χ0v) is 27.0. The molecule has 3 aromatic heterocycles. The van der Waals surface area contributed by atoms with Gasteiger partial charge >= 0.3 is 0 Å². The maximum Gasteiger partial charge on any atom is 0.238 e. The molecule has 1 saturated heterocycles. The number of fused-ring (bicyclic) bond motifs is 4. The number of methoxy groups -OCH3 is 1. The van der Waals surface area contributed by atoms with E-state index in [9.17, 15) is 4.79 Å². The number of rotatable bonds is 6. The molecule has 4 heterocycles. The van der Waals surface area contributed by atoms with Gasteiger partial charge in [-0.25, -0.2) is 9.97 Å². The number of benzene rings is 3. The minimum atomic E-state index is -0.0184. The molecule has 232 valence electrons. The number of H-pyrrole nitrogens is 1. The molecule has 1 atom stereocenters. The third-order valence-electron chi connectivity index (χ3n) is 8.46. The molecule has 10 nitrogen and oxygen atoms in total. The van der Waals surface area contributed by atoms with Crippen molar-refractivity contribution in [2.75, 3.05) is 38.6 Å². The molecule has 0 spiro atoms. The zero-order chi connectivity index (χ0) is 30.5. The van der Waals surface area contributed by atoms with E-state index in [1.807, 2.05) is 57.2 Å². The first kappa shape index (κ1) is 30.6. The summed E-state index contributed by atoms with van der Waals surface area (Å²) in [6.07, 6.45) is 0. The first-order chi connectivity index (χ1) is 21.3. The number of amides is 1. The van der Waals surface area contributed by atoms with Crippen LogP contribution in [0.15, 0.2) is 53.1 Å². The Hall–Kier alpha value is -4.45. The lowest BCUT2D eigenvalue weighted by Crippen LogP contribution is -2.51. The normalized spacial score (nSPS) is 15.4. The van der Waals surface area contributed by atoms with E-state index in [1.165, 1.54) is 0 Å². The van der Waals surface area contributed by atoms with Gasteiger partial charge in [0.05, 0.1) is 36.0 Å². The van der Waals surface area contributed by atoms with Crippen molar-refractivity contribution in [3.63, 3.8) is 0 Å². The second kappa shape index (κ2) is 12.2. The van der Waals surface area contributed by atoms with Crippen molar-refractivity contribution in [3.05, 3.63) is 65.8 Å². The van der Waals surface area contributed by atoms with Crippen LogP contribution in [0, 0.1) is 20.8 Å². The number of carbonyl (C=O) groups excluding carboxylic acids is 1. The Balaban J connectivity index is 0.00000357. The van der Waals surface area contributed by atoms with Crippen LogP contribution >= 0.6 is 13.5 Å². The summed E-state index contributed by atoms with van der Waals surface area (Å²) in [5.41, 5.74) is 6.82. The Morgan fingerprint density at radius 2 is 1.87 bits per heavy atom. The fourth-order valence-electron chi connectivity index (χ4n) is 6.53. The van der Waals surface area contributed by atoms with Gasteiger partial charge in [-0.05, 0) is 51.3 Å². The number of hydrogen-bond donors (Lipinski definition) is 3. The molecular weight excluding hydrogens is 586 g/mol. The smallest absolute Gasteiger partial charge is 0.238 e. The fourth-order valence-corrected chi connectivity index (χ4v) is 6.53. The minimum Gasteiger partial charge on any atom is -0.496 e. The van der Waals surface area contributed by atoms with Gasteiger partial charge in [0.15, 0.2) is 0 Å². The van der Waals surface area contributed by atoms with Crippen molar-refractivity contribution in [2.24, 2.45) is 0 Å². The van der Waals surface area contributed by atoms with E-state index in [1.54, 1.807) is 7.11 Å². The number of carbonyl (C=O) groups is 1. The molecule has 7 rings (SSSR count). The van der Waals surface area contributed by atoms with Crippen molar-refractivity contribution in [1.82, 2.24) is 30.3 Å². The number of piperazine rings is 1. The molecule has 6 aromatic rings. The quantitative estimate of drug-likeness (QED) is 0.211. The third-order valence-corrected chi connectivity index (χ3v) is 8.46. The van der Waals surface area contributed by atoms with Crippen molar-refractivity contribution in [1.29, 1.82) is 0 Å². The lowest BCUT2D eigenvalue weighted by Gasteiger charge is -2.31.